The Labute approximate surface area is 131 Å². The number of carbonyl (C=O) groups excluding carboxylic acids is 1. The SMILES string of the molecule is C=C(COC(C)c1ccccc1)C(=O)OCc1ccccc1. The standard InChI is InChI=1S/C19H20O3/c1-15(13-21-16(2)18-11-7-4-8-12-18)19(20)22-14-17-9-5-3-6-10-17/h3-12,16H,1,13-14H2,2H3. The van der Waals surface area contributed by atoms with Crippen molar-refractivity contribution in [2.45, 2.75) is 19.6 Å². The summed E-state index contributed by atoms with van der Waals surface area (Å²) in [6.45, 7) is 6.07. The summed E-state index contributed by atoms with van der Waals surface area (Å²) < 4.78 is 10.9. The second kappa shape index (κ2) is 8.15. The van der Waals surface area contributed by atoms with Crippen molar-refractivity contribution in [3.63, 3.8) is 0 Å². The van der Waals surface area contributed by atoms with Gasteiger partial charge in [0.25, 0.3) is 0 Å². The van der Waals surface area contributed by atoms with Crippen LogP contribution < -0.4 is 0 Å². The topological polar surface area (TPSA) is 35.5 Å². The molecule has 3 heteroatoms. The van der Waals surface area contributed by atoms with Crippen LogP contribution in [0, 0.1) is 0 Å². The molecule has 3 nitrogen and oxygen atoms in total. The van der Waals surface area contributed by atoms with Crippen molar-refractivity contribution < 1.29 is 14.3 Å². The summed E-state index contributed by atoms with van der Waals surface area (Å²) in [5.74, 6) is -0.427. The van der Waals surface area contributed by atoms with E-state index in [1.165, 1.54) is 0 Å². The predicted octanol–water partition coefficient (Wildman–Crippen LogP) is 4.06. The van der Waals surface area contributed by atoms with Crippen LogP contribution in [0.25, 0.3) is 0 Å². The van der Waals surface area contributed by atoms with Crippen molar-refractivity contribution in [2.75, 3.05) is 6.61 Å². The number of carbonyl (C=O) groups is 1. The fraction of sp³-hybridized carbons (Fsp3) is 0.211. The van der Waals surface area contributed by atoms with E-state index in [1.807, 2.05) is 67.6 Å². The maximum absolute atomic E-state index is 11.9. The van der Waals surface area contributed by atoms with E-state index in [-0.39, 0.29) is 19.3 Å². The van der Waals surface area contributed by atoms with Gasteiger partial charge in [-0.05, 0) is 18.1 Å². The number of benzene rings is 2. The maximum Gasteiger partial charge on any atom is 0.336 e. The second-order valence-corrected chi connectivity index (χ2v) is 5.03. The molecule has 1 unspecified atom stereocenters. The molecule has 114 valence electrons. The van der Waals surface area contributed by atoms with Crippen LogP contribution in [0.4, 0.5) is 0 Å². The highest BCUT2D eigenvalue weighted by Crippen LogP contribution is 2.17. The van der Waals surface area contributed by atoms with Crippen LogP contribution in [0.5, 0.6) is 0 Å². The molecule has 0 spiro atoms. The van der Waals surface area contributed by atoms with Gasteiger partial charge in [0.05, 0.1) is 18.3 Å². The molecular weight excluding hydrogens is 276 g/mol. The minimum Gasteiger partial charge on any atom is -0.457 e. The summed E-state index contributed by atoms with van der Waals surface area (Å²) in [6, 6.07) is 19.4. The predicted molar refractivity (Wildman–Crippen MR) is 86.2 cm³/mol. The molecule has 2 aromatic carbocycles. The molecule has 2 aromatic rings. The van der Waals surface area contributed by atoms with E-state index in [9.17, 15) is 4.79 Å². The van der Waals surface area contributed by atoms with Crippen molar-refractivity contribution in [1.29, 1.82) is 0 Å². The Morgan fingerprint density at radius 1 is 1.05 bits per heavy atom. The van der Waals surface area contributed by atoms with Gasteiger partial charge in [0.15, 0.2) is 0 Å². The Balaban J connectivity index is 1.76. The van der Waals surface area contributed by atoms with Gasteiger partial charge in [-0.2, -0.15) is 0 Å². The van der Waals surface area contributed by atoms with Crippen LogP contribution in [0.2, 0.25) is 0 Å². The van der Waals surface area contributed by atoms with Crippen LogP contribution >= 0.6 is 0 Å². The first-order chi connectivity index (χ1) is 10.7. The van der Waals surface area contributed by atoms with Gasteiger partial charge < -0.3 is 9.47 Å². The molecular formula is C19H20O3. The lowest BCUT2D eigenvalue weighted by Crippen LogP contribution is -2.13. The normalized spacial score (nSPS) is 11.7. The number of hydrogen-bond acceptors (Lipinski definition) is 3. The van der Waals surface area contributed by atoms with Gasteiger partial charge in [0.2, 0.25) is 0 Å². The first kappa shape index (κ1) is 16.0. The third kappa shape index (κ3) is 4.86. The zero-order valence-electron chi connectivity index (χ0n) is 12.7. The van der Waals surface area contributed by atoms with Gasteiger partial charge in [0.1, 0.15) is 6.61 Å². The van der Waals surface area contributed by atoms with E-state index in [0.717, 1.165) is 11.1 Å². The van der Waals surface area contributed by atoms with Crippen molar-refractivity contribution >= 4 is 5.97 Å². The van der Waals surface area contributed by atoms with Crippen molar-refractivity contribution in [3.8, 4) is 0 Å². The maximum atomic E-state index is 11.9. The number of esters is 1. The molecule has 1 atom stereocenters. The van der Waals surface area contributed by atoms with Gasteiger partial charge in [-0.15, -0.1) is 0 Å². The highest BCUT2D eigenvalue weighted by atomic mass is 16.5. The zero-order valence-corrected chi connectivity index (χ0v) is 12.7. The Morgan fingerprint density at radius 2 is 1.64 bits per heavy atom. The van der Waals surface area contributed by atoms with Crippen LogP contribution in [0.15, 0.2) is 72.8 Å². The first-order valence-corrected chi connectivity index (χ1v) is 7.22. The molecule has 0 saturated carbocycles. The third-order valence-corrected chi connectivity index (χ3v) is 3.28. The minimum atomic E-state index is -0.427. The number of rotatable bonds is 7. The van der Waals surface area contributed by atoms with Gasteiger partial charge in [0, 0.05) is 0 Å². The fourth-order valence-electron chi connectivity index (χ4n) is 1.93. The molecule has 22 heavy (non-hydrogen) atoms. The third-order valence-electron chi connectivity index (χ3n) is 3.28. The molecule has 0 aliphatic rings. The van der Waals surface area contributed by atoms with Gasteiger partial charge in [-0.1, -0.05) is 67.2 Å². The van der Waals surface area contributed by atoms with E-state index < -0.39 is 5.97 Å². The molecule has 0 N–H and O–H groups in total. The summed E-state index contributed by atoms with van der Waals surface area (Å²) >= 11 is 0. The lowest BCUT2D eigenvalue weighted by molar-refractivity contribution is -0.141. The molecule has 0 heterocycles. The summed E-state index contributed by atoms with van der Waals surface area (Å²) in [4.78, 5) is 11.9. The van der Waals surface area contributed by atoms with Crippen LogP contribution in [0.3, 0.4) is 0 Å². The van der Waals surface area contributed by atoms with E-state index in [4.69, 9.17) is 9.47 Å². The second-order valence-electron chi connectivity index (χ2n) is 5.03. The van der Waals surface area contributed by atoms with Crippen molar-refractivity contribution in [3.05, 3.63) is 83.9 Å². The van der Waals surface area contributed by atoms with Gasteiger partial charge in [-0.25, -0.2) is 4.79 Å². The average Bonchev–Trinajstić information content (AvgIpc) is 2.58. The zero-order chi connectivity index (χ0) is 15.8. The average molecular weight is 296 g/mol. The van der Waals surface area contributed by atoms with E-state index >= 15 is 0 Å². The highest BCUT2D eigenvalue weighted by molar-refractivity contribution is 5.87. The van der Waals surface area contributed by atoms with Crippen LogP contribution in [-0.2, 0) is 20.9 Å². The summed E-state index contributed by atoms with van der Waals surface area (Å²) in [5.41, 5.74) is 2.33. The van der Waals surface area contributed by atoms with Crippen LogP contribution in [-0.4, -0.2) is 12.6 Å². The molecule has 0 saturated heterocycles. The lowest BCUT2D eigenvalue weighted by atomic mass is 10.1. The van der Waals surface area contributed by atoms with Crippen molar-refractivity contribution in [2.24, 2.45) is 0 Å². The Kier molecular flexibility index (Phi) is 5.92. The molecule has 0 aliphatic carbocycles. The monoisotopic (exact) mass is 296 g/mol. The van der Waals surface area contributed by atoms with E-state index in [2.05, 4.69) is 6.58 Å². The molecule has 0 fully saturated rings. The molecule has 0 aromatic heterocycles. The molecule has 0 amide bonds. The van der Waals surface area contributed by atoms with Crippen LogP contribution in [0.1, 0.15) is 24.2 Å². The van der Waals surface area contributed by atoms with Gasteiger partial charge >= 0.3 is 5.97 Å². The summed E-state index contributed by atoms with van der Waals surface area (Å²) in [5, 5.41) is 0. The van der Waals surface area contributed by atoms with Gasteiger partial charge in [-0.3, -0.25) is 0 Å². The quantitative estimate of drug-likeness (QED) is 0.571. The Hall–Kier alpha value is -2.39. The minimum absolute atomic E-state index is 0.0973. The fourth-order valence-corrected chi connectivity index (χ4v) is 1.93. The van der Waals surface area contributed by atoms with Crippen molar-refractivity contribution in [1.82, 2.24) is 0 Å². The smallest absolute Gasteiger partial charge is 0.336 e. The molecule has 0 radical (unpaired) electrons. The summed E-state index contributed by atoms with van der Waals surface area (Å²) in [6.07, 6.45) is -0.0973. The van der Waals surface area contributed by atoms with E-state index in [1.54, 1.807) is 0 Å². The molecule has 2 rings (SSSR count). The molecule has 0 bridgehead atoms. The largest absolute Gasteiger partial charge is 0.457 e. The van der Waals surface area contributed by atoms with E-state index in [0.29, 0.717) is 5.57 Å². The Morgan fingerprint density at radius 3 is 2.27 bits per heavy atom. The Bertz CT molecular complexity index is 605. The summed E-state index contributed by atoms with van der Waals surface area (Å²) in [7, 11) is 0. The number of ether oxygens (including phenoxy) is 2. The highest BCUT2D eigenvalue weighted by Gasteiger charge is 2.12. The molecule has 0 aliphatic heterocycles. The lowest BCUT2D eigenvalue weighted by Gasteiger charge is -2.14. The number of hydrogen-bond donors (Lipinski definition) is 0. The first-order valence-electron chi connectivity index (χ1n) is 7.22.